The van der Waals surface area contributed by atoms with Gasteiger partial charge >= 0.3 is 6.18 Å². The first-order valence-electron chi connectivity index (χ1n) is 13.0. The van der Waals surface area contributed by atoms with Crippen LogP contribution in [0, 0.1) is 13.8 Å². The molecule has 0 bridgehead atoms. The van der Waals surface area contributed by atoms with Crippen LogP contribution in [0.5, 0.6) is 0 Å². The fraction of sp³-hybridized carbons (Fsp3) is 0.258. The van der Waals surface area contributed by atoms with Crippen LogP contribution in [-0.4, -0.2) is 31.3 Å². The van der Waals surface area contributed by atoms with Crippen LogP contribution in [0.25, 0.3) is 5.69 Å². The number of carbonyl (C=O) groups excluding carboxylic acids is 1. The number of hydrogen-bond donors (Lipinski definition) is 1. The van der Waals surface area contributed by atoms with Gasteiger partial charge in [-0.1, -0.05) is 41.9 Å². The highest BCUT2D eigenvalue weighted by Crippen LogP contribution is 2.37. The number of rotatable bonds is 9. The van der Waals surface area contributed by atoms with Gasteiger partial charge in [0.05, 0.1) is 34.4 Å². The van der Waals surface area contributed by atoms with Crippen LogP contribution in [-0.2, 0) is 33.8 Å². The maximum Gasteiger partial charge on any atom is 0.418 e. The predicted octanol–water partition coefficient (Wildman–Crippen LogP) is 7.57. The minimum absolute atomic E-state index is 0.0668. The third kappa shape index (κ3) is 7.24. The van der Waals surface area contributed by atoms with Crippen molar-refractivity contribution in [2.24, 2.45) is 0 Å². The van der Waals surface area contributed by atoms with Gasteiger partial charge in [-0.3, -0.25) is 4.79 Å². The Balaban J connectivity index is 1.73. The first kappa shape index (κ1) is 31.3. The van der Waals surface area contributed by atoms with E-state index in [4.69, 9.17) is 16.3 Å². The number of aryl methyl sites for hydroxylation is 1. The summed E-state index contributed by atoms with van der Waals surface area (Å²) in [6.07, 6.45) is -3.80. The van der Waals surface area contributed by atoms with Crippen molar-refractivity contribution in [3.63, 3.8) is 0 Å². The molecule has 4 aromatic rings. The molecular weight excluding hydrogens is 589 g/mol. The number of aromatic nitrogens is 1. The summed E-state index contributed by atoms with van der Waals surface area (Å²) in [7, 11) is -3.45. The standard InChI is InChI=1S/C31H30ClF3N2O4S/c1-19-14-24(11-13-29(19)42(4,39)40)36-30(38)26-17-25(15-20(2)41-18-22-8-6-5-7-9-22)37(21(26)3)28-12-10-23(32)16-27(28)31(33,34)35/h5-14,16-17,20H,15,18H2,1-4H3,(H,36,38)/t20-/m0/s1. The Morgan fingerprint density at radius 2 is 1.71 bits per heavy atom. The molecule has 0 saturated heterocycles. The molecule has 0 aliphatic carbocycles. The van der Waals surface area contributed by atoms with E-state index in [1.807, 2.05) is 37.3 Å². The smallest absolute Gasteiger partial charge is 0.373 e. The predicted molar refractivity (Wildman–Crippen MR) is 157 cm³/mol. The molecule has 0 saturated carbocycles. The largest absolute Gasteiger partial charge is 0.418 e. The van der Waals surface area contributed by atoms with Crippen molar-refractivity contribution in [2.75, 3.05) is 11.6 Å². The summed E-state index contributed by atoms with van der Waals surface area (Å²) in [6, 6.07) is 19.0. The van der Waals surface area contributed by atoms with Gasteiger partial charge in [0.1, 0.15) is 0 Å². The molecule has 222 valence electrons. The van der Waals surface area contributed by atoms with Crippen molar-refractivity contribution >= 4 is 33.0 Å². The average molecular weight is 619 g/mol. The maximum atomic E-state index is 14.1. The Morgan fingerprint density at radius 1 is 1.02 bits per heavy atom. The molecule has 3 aromatic carbocycles. The fourth-order valence-corrected chi connectivity index (χ4v) is 5.96. The molecule has 11 heteroatoms. The molecule has 0 fully saturated rings. The van der Waals surface area contributed by atoms with E-state index in [1.54, 1.807) is 19.9 Å². The van der Waals surface area contributed by atoms with Gasteiger partial charge in [0.2, 0.25) is 0 Å². The molecule has 1 amide bonds. The Bertz CT molecular complexity index is 1720. The lowest BCUT2D eigenvalue weighted by atomic mass is 10.1. The molecule has 1 atom stereocenters. The van der Waals surface area contributed by atoms with Crippen molar-refractivity contribution in [1.82, 2.24) is 4.57 Å². The molecule has 0 aliphatic rings. The molecule has 42 heavy (non-hydrogen) atoms. The second kappa shape index (κ2) is 12.3. The lowest BCUT2D eigenvalue weighted by molar-refractivity contribution is -0.137. The van der Waals surface area contributed by atoms with Crippen molar-refractivity contribution in [3.8, 4) is 5.69 Å². The van der Waals surface area contributed by atoms with Crippen LogP contribution in [0.1, 0.15) is 45.4 Å². The molecule has 6 nitrogen and oxygen atoms in total. The van der Waals surface area contributed by atoms with Crippen molar-refractivity contribution in [3.05, 3.63) is 111 Å². The zero-order valence-corrected chi connectivity index (χ0v) is 25.0. The SMILES string of the molecule is Cc1cc(NC(=O)c2cc(C[C@H](C)OCc3ccccc3)n(-c3ccc(Cl)cc3C(F)(F)F)c2C)ccc1S(C)(=O)=O. The first-order valence-corrected chi connectivity index (χ1v) is 15.3. The van der Waals surface area contributed by atoms with Crippen LogP contribution in [0.3, 0.4) is 0 Å². The summed E-state index contributed by atoms with van der Waals surface area (Å²) in [5.41, 5.74) is 1.53. The lowest BCUT2D eigenvalue weighted by Gasteiger charge is -2.20. The van der Waals surface area contributed by atoms with Crippen LogP contribution >= 0.6 is 11.6 Å². The topological polar surface area (TPSA) is 77.4 Å². The summed E-state index contributed by atoms with van der Waals surface area (Å²) >= 11 is 5.94. The monoisotopic (exact) mass is 618 g/mol. The minimum atomic E-state index is -4.70. The number of carbonyl (C=O) groups is 1. The van der Waals surface area contributed by atoms with Crippen LogP contribution < -0.4 is 5.32 Å². The van der Waals surface area contributed by atoms with E-state index >= 15 is 0 Å². The molecule has 0 unspecified atom stereocenters. The van der Waals surface area contributed by atoms with E-state index in [0.29, 0.717) is 23.6 Å². The molecule has 0 spiro atoms. The molecule has 0 radical (unpaired) electrons. The minimum Gasteiger partial charge on any atom is -0.373 e. The molecule has 1 aromatic heterocycles. The quantitative estimate of drug-likeness (QED) is 0.210. The Labute approximate surface area is 248 Å². The second-order valence-electron chi connectivity index (χ2n) is 10.1. The third-order valence-corrected chi connectivity index (χ3v) is 8.27. The van der Waals surface area contributed by atoms with Crippen molar-refractivity contribution < 1.29 is 31.1 Å². The van der Waals surface area contributed by atoms with Gasteiger partial charge in [0.25, 0.3) is 5.91 Å². The lowest BCUT2D eigenvalue weighted by Crippen LogP contribution is -2.17. The first-order chi connectivity index (χ1) is 19.6. The van der Waals surface area contributed by atoms with Crippen LogP contribution in [0.4, 0.5) is 18.9 Å². The number of hydrogen-bond acceptors (Lipinski definition) is 4. The second-order valence-corrected chi connectivity index (χ2v) is 12.6. The molecule has 0 aliphatic heterocycles. The van der Waals surface area contributed by atoms with Gasteiger partial charge in [-0.15, -0.1) is 0 Å². The highest BCUT2D eigenvalue weighted by Gasteiger charge is 2.35. The average Bonchev–Trinajstić information content (AvgIpc) is 3.22. The number of nitrogens with one attached hydrogen (secondary N) is 1. The number of anilines is 1. The number of amides is 1. The summed E-state index contributed by atoms with van der Waals surface area (Å²) in [4.78, 5) is 13.6. The number of benzene rings is 3. The molecule has 1 N–H and O–H groups in total. The number of sulfone groups is 1. The molecule has 1 heterocycles. The number of alkyl halides is 3. The Kier molecular flexibility index (Phi) is 9.20. The van der Waals surface area contributed by atoms with Gasteiger partial charge in [-0.25, -0.2) is 8.42 Å². The van der Waals surface area contributed by atoms with E-state index in [0.717, 1.165) is 17.9 Å². The van der Waals surface area contributed by atoms with E-state index in [2.05, 4.69) is 5.32 Å². The van der Waals surface area contributed by atoms with Crippen LogP contribution in [0.15, 0.2) is 77.7 Å². The van der Waals surface area contributed by atoms with Gasteiger partial charge in [-0.05, 0) is 74.4 Å². The number of halogens is 4. The highest BCUT2D eigenvalue weighted by atomic mass is 35.5. The van der Waals surface area contributed by atoms with Crippen LogP contribution in [0.2, 0.25) is 5.02 Å². The number of ether oxygens (including phenoxy) is 1. The van der Waals surface area contributed by atoms with Gasteiger partial charge in [-0.2, -0.15) is 13.2 Å². The van der Waals surface area contributed by atoms with E-state index in [1.165, 1.54) is 34.9 Å². The zero-order chi connectivity index (χ0) is 30.8. The Hall–Kier alpha value is -3.60. The Morgan fingerprint density at radius 3 is 2.33 bits per heavy atom. The van der Waals surface area contributed by atoms with Crippen molar-refractivity contribution in [1.29, 1.82) is 0 Å². The van der Waals surface area contributed by atoms with E-state index < -0.39 is 33.6 Å². The summed E-state index contributed by atoms with van der Waals surface area (Å²) < 4.78 is 73.8. The van der Waals surface area contributed by atoms with E-state index in [9.17, 15) is 26.4 Å². The molecular formula is C31H30ClF3N2O4S. The summed E-state index contributed by atoms with van der Waals surface area (Å²) in [6.45, 7) is 5.31. The third-order valence-electron chi connectivity index (χ3n) is 6.78. The number of nitrogens with zero attached hydrogens (tertiary/aromatic N) is 1. The fourth-order valence-electron chi connectivity index (χ4n) is 4.83. The van der Waals surface area contributed by atoms with Gasteiger partial charge in [0, 0.05) is 34.8 Å². The normalized spacial score (nSPS) is 12.8. The summed E-state index contributed by atoms with van der Waals surface area (Å²) in [5.74, 6) is -0.556. The van der Waals surface area contributed by atoms with Gasteiger partial charge in [0.15, 0.2) is 9.84 Å². The highest BCUT2D eigenvalue weighted by molar-refractivity contribution is 7.90. The van der Waals surface area contributed by atoms with Crippen molar-refractivity contribution in [2.45, 2.75) is 51.0 Å². The van der Waals surface area contributed by atoms with Gasteiger partial charge < -0.3 is 14.6 Å². The van der Waals surface area contributed by atoms with E-state index in [-0.39, 0.29) is 33.3 Å². The maximum absolute atomic E-state index is 14.1. The molecule has 4 rings (SSSR count). The zero-order valence-electron chi connectivity index (χ0n) is 23.4. The summed E-state index contributed by atoms with van der Waals surface area (Å²) in [5, 5.41) is 2.68.